The van der Waals surface area contributed by atoms with Crippen molar-refractivity contribution in [1.82, 2.24) is 0 Å². The maximum Gasteiger partial charge on any atom is 0.161 e. The molecular formula is C28H25BrO6. The largest absolute Gasteiger partial charge is 0.504 e. The number of carbonyl (C=O) groups excluding carboxylic acids is 2. The molecule has 0 aliphatic carbocycles. The summed E-state index contributed by atoms with van der Waals surface area (Å²) in [6.07, 6.45) is 1.28. The van der Waals surface area contributed by atoms with E-state index in [2.05, 4.69) is 28.1 Å². The quantitative estimate of drug-likeness (QED) is 0.152. The molecule has 0 aliphatic rings. The molecule has 0 saturated heterocycles. The Morgan fingerprint density at radius 3 is 1.60 bits per heavy atom. The summed E-state index contributed by atoms with van der Waals surface area (Å²) in [6, 6.07) is 28.4. The van der Waals surface area contributed by atoms with Gasteiger partial charge in [-0.05, 0) is 47.5 Å². The maximum atomic E-state index is 10.5. The summed E-state index contributed by atoms with van der Waals surface area (Å²) in [5.74, 6) is -0.139. The molecule has 0 atom stereocenters. The normalized spacial score (nSPS) is 9.51. The van der Waals surface area contributed by atoms with Crippen LogP contribution in [0.25, 0.3) is 0 Å². The van der Waals surface area contributed by atoms with Crippen molar-refractivity contribution in [1.29, 1.82) is 0 Å². The van der Waals surface area contributed by atoms with Gasteiger partial charge >= 0.3 is 0 Å². The summed E-state index contributed by atoms with van der Waals surface area (Å²) >= 11 is 3.36. The third kappa shape index (κ3) is 9.73. The molecule has 35 heavy (non-hydrogen) atoms. The first-order valence-electron chi connectivity index (χ1n) is 10.5. The molecule has 0 spiro atoms. The molecule has 180 valence electrons. The van der Waals surface area contributed by atoms with Crippen LogP contribution in [0.15, 0.2) is 97.1 Å². The molecule has 0 aliphatic heterocycles. The van der Waals surface area contributed by atoms with Crippen LogP contribution in [0.4, 0.5) is 0 Å². The van der Waals surface area contributed by atoms with Crippen molar-refractivity contribution in [3.8, 4) is 23.0 Å². The van der Waals surface area contributed by atoms with Gasteiger partial charge in [0.2, 0.25) is 0 Å². The lowest BCUT2D eigenvalue weighted by Gasteiger charge is -2.08. The number of hydrogen-bond donors (Lipinski definition) is 3. The minimum Gasteiger partial charge on any atom is -0.504 e. The van der Waals surface area contributed by atoms with Crippen LogP contribution in [-0.2, 0) is 11.9 Å². The Morgan fingerprint density at radius 1 is 0.629 bits per heavy atom. The lowest BCUT2D eigenvalue weighted by atomic mass is 10.2. The molecular weight excluding hydrogens is 512 g/mol. The summed E-state index contributed by atoms with van der Waals surface area (Å²) in [5.41, 5.74) is 3.11. The predicted molar refractivity (Wildman–Crippen MR) is 139 cm³/mol. The lowest BCUT2D eigenvalue weighted by molar-refractivity contribution is 0.111. The van der Waals surface area contributed by atoms with E-state index in [1.807, 2.05) is 48.5 Å². The zero-order chi connectivity index (χ0) is 25.5. The van der Waals surface area contributed by atoms with Crippen LogP contribution in [0, 0.1) is 0 Å². The molecule has 0 unspecified atom stereocenters. The first kappa shape index (κ1) is 27.1. The minimum absolute atomic E-state index is 0.0227. The number of alkyl halides is 1. The summed E-state index contributed by atoms with van der Waals surface area (Å²) in [7, 11) is 0. The molecule has 7 heteroatoms. The van der Waals surface area contributed by atoms with Gasteiger partial charge < -0.3 is 20.1 Å². The number of ether oxygens (including phenoxy) is 1. The van der Waals surface area contributed by atoms with Crippen molar-refractivity contribution in [3.05, 3.63) is 119 Å². The molecule has 3 N–H and O–H groups in total. The summed E-state index contributed by atoms with van der Waals surface area (Å²) in [4.78, 5) is 20.6. The first-order valence-corrected chi connectivity index (χ1v) is 11.6. The first-order chi connectivity index (χ1) is 17.0. The lowest BCUT2D eigenvalue weighted by Crippen LogP contribution is -1.95. The van der Waals surface area contributed by atoms with E-state index in [0.29, 0.717) is 36.1 Å². The van der Waals surface area contributed by atoms with Crippen molar-refractivity contribution in [3.63, 3.8) is 0 Å². The van der Waals surface area contributed by atoms with E-state index in [-0.39, 0.29) is 17.2 Å². The number of aldehydes is 2. The molecule has 4 aromatic carbocycles. The molecule has 4 rings (SSSR count). The SMILES string of the molecule is BrCc1ccccc1.O=Cc1ccc(O)c(O)c1.O=Cc1ccc(OCc2ccccc2)c(O)c1. The third-order valence-corrected chi connectivity index (χ3v) is 5.14. The van der Waals surface area contributed by atoms with Crippen molar-refractivity contribution in [2.24, 2.45) is 0 Å². The number of benzene rings is 4. The average molecular weight is 537 g/mol. The van der Waals surface area contributed by atoms with Crippen LogP contribution in [-0.4, -0.2) is 27.9 Å². The van der Waals surface area contributed by atoms with Gasteiger partial charge in [0.1, 0.15) is 19.2 Å². The highest BCUT2D eigenvalue weighted by atomic mass is 79.9. The Bertz CT molecular complexity index is 1200. The zero-order valence-electron chi connectivity index (χ0n) is 18.8. The van der Waals surface area contributed by atoms with E-state index >= 15 is 0 Å². The van der Waals surface area contributed by atoms with Crippen LogP contribution in [0.5, 0.6) is 23.0 Å². The molecule has 0 aromatic heterocycles. The molecule has 0 bridgehead atoms. The van der Waals surface area contributed by atoms with E-state index in [1.54, 1.807) is 12.1 Å². The smallest absolute Gasteiger partial charge is 0.161 e. The highest BCUT2D eigenvalue weighted by Gasteiger charge is 2.03. The number of phenolic OH excluding ortho intramolecular Hbond substituents is 3. The third-order valence-electron chi connectivity index (χ3n) is 4.49. The van der Waals surface area contributed by atoms with Gasteiger partial charge in [-0.1, -0.05) is 76.6 Å². The maximum absolute atomic E-state index is 10.5. The second kappa shape index (κ2) is 14.9. The van der Waals surface area contributed by atoms with Crippen molar-refractivity contribution in [2.45, 2.75) is 11.9 Å². The van der Waals surface area contributed by atoms with Gasteiger partial charge in [-0.3, -0.25) is 9.59 Å². The van der Waals surface area contributed by atoms with Crippen LogP contribution in [0.1, 0.15) is 31.8 Å². The number of aromatic hydroxyl groups is 3. The number of halogens is 1. The molecule has 0 fully saturated rings. The minimum atomic E-state index is -0.274. The highest BCUT2D eigenvalue weighted by Crippen LogP contribution is 2.27. The van der Waals surface area contributed by atoms with Gasteiger partial charge in [0.25, 0.3) is 0 Å². The van der Waals surface area contributed by atoms with E-state index in [9.17, 15) is 14.7 Å². The summed E-state index contributed by atoms with van der Waals surface area (Å²) in [5, 5.41) is 28.2. The number of carbonyl (C=O) groups is 2. The van der Waals surface area contributed by atoms with E-state index in [4.69, 9.17) is 14.9 Å². The van der Waals surface area contributed by atoms with Crippen LogP contribution < -0.4 is 4.74 Å². The molecule has 0 heterocycles. The van der Waals surface area contributed by atoms with Gasteiger partial charge in [0.05, 0.1) is 0 Å². The number of phenols is 3. The Hall–Kier alpha value is -4.10. The molecule has 6 nitrogen and oxygen atoms in total. The van der Waals surface area contributed by atoms with Gasteiger partial charge in [0, 0.05) is 16.5 Å². The van der Waals surface area contributed by atoms with Crippen LogP contribution in [0.2, 0.25) is 0 Å². The van der Waals surface area contributed by atoms with Crippen LogP contribution in [0.3, 0.4) is 0 Å². The number of hydrogen-bond acceptors (Lipinski definition) is 6. The predicted octanol–water partition coefficient (Wildman–Crippen LogP) is 6.28. The van der Waals surface area contributed by atoms with Crippen molar-refractivity contribution < 1.29 is 29.6 Å². The average Bonchev–Trinajstić information content (AvgIpc) is 2.91. The highest BCUT2D eigenvalue weighted by molar-refractivity contribution is 9.08. The van der Waals surface area contributed by atoms with Gasteiger partial charge in [-0.25, -0.2) is 0 Å². The second-order valence-electron chi connectivity index (χ2n) is 7.10. The van der Waals surface area contributed by atoms with Crippen molar-refractivity contribution in [2.75, 3.05) is 0 Å². The molecule has 0 radical (unpaired) electrons. The summed E-state index contributed by atoms with van der Waals surface area (Å²) < 4.78 is 5.46. The van der Waals surface area contributed by atoms with Gasteiger partial charge in [-0.15, -0.1) is 0 Å². The Kier molecular flexibility index (Phi) is 11.6. The number of rotatable bonds is 6. The fourth-order valence-electron chi connectivity index (χ4n) is 2.65. The van der Waals surface area contributed by atoms with Gasteiger partial charge in [0.15, 0.2) is 23.0 Å². The standard InChI is InChI=1S/C14H12O3.C7H7Br.C7H6O3/c15-9-12-6-7-14(13(16)8-12)17-10-11-4-2-1-3-5-11;8-6-7-4-2-1-3-5-7;8-4-5-1-2-6(9)7(10)3-5/h1-9,16H,10H2;1-5H,6H2;1-4,9-10H. The molecule has 4 aromatic rings. The fourth-order valence-corrected chi connectivity index (χ4v) is 3.02. The fraction of sp³-hybridized carbons (Fsp3) is 0.0714. The molecule has 0 amide bonds. The van der Waals surface area contributed by atoms with Crippen molar-refractivity contribution >= 4 is 28.5 Å². The van der Waals surface area contributed by atoms with E-state index in [1.165, 1.54) is 29.8 Å². The Labute approximate surface area is 212 Å². The monoisotopic (exact) mass is 536 g/mol. The van der Waals surface area contributed by atoms with E-state index in [0.717, 1.165) is 10.9 Å². The Morgan fingerprint density at radius 2 is 1.14 bits per heavy atom. The van der Waals surface area contributed by atoms with E-state index < -0.39 is 0 Å². The zero-order valence-corrected chi connectivity index (χ0v) is 20.3. The molecule has 0 saturated carbocycles. The second-order valence-corrected chi connectivity index (χ2v) is 7.67. The van der Waals surface area contributed by atoms with Gasteiger partial charge in [-0.2, -0.15) is 0 Å². The summed E-state index contributed by atoms with van der Waals surface area (Å²) in [6.45, 7) is 0.384. The van der Waals surface area contributed by atoms with Crippen LogP contribution >= 0.6 is 15.9 Å². The Balaban J connectivity index is 0.000000204. The topological polar surface area (TPSA) is 104 Å².